The molecular weight excluding hydrogens is 314 g/mol. The van der Waals surface area contributed by atoms with Crippen LogP contribution in [0.1, 0.15) is 5.56 Å². The fourth-order valence-electron chi connectivity index (χ4n) is 2.84. The van der Waals surface area contributed by atoms with Crippen molar-refractivity contribution in [3.05, 3.63) is 71.7 Å². The van der Waals surface area contributed by atoms with Crippen LogP contribution in [0.5, 0.6) is 0 Å². The van der Waals surface area contributed by atoms with Gasteiger partial charge in [-0.15, -0.1) is 11.3 Å². The molecule has 2 aromatic heterocycles. The smallest absolute Gasteiger partial charge is 0.101 e. The molecule has 0 aliphatic heterocycles. The lowest BCUT2D eigenvalue weighted by Gasteiger charge is -2.07. The van der Waals surface area contributed by atoms with Gasteiger partial charge in [0.1, 0.15) is 6.07 Å². The topological polar surface area (TPSA) is 62.7 Å². The van der Waals surface area contributed by atoms with E-state index in [0.29, 0.717) is 11.3 Å². The number of nitrogens with zero attached hydrogens (tertiary/aromatic N) is 2. The van der Waals surface area contributed by atoms with E-state index < -0.39 is 0 Å². The Morgan fingerprint density at radius 1 is 0.958 bits per heavy atom. The molecular formula is C20H13N3S. The first-order chi connectivity index (χ1) is 11.8. The van der Waals surface area contributed by atoms with E-state index in [1.165, 1.54) is 11.3 Å². The molecule has 0 saturated carbocycles. The van der Waals surface area contributed by atoms with Gasteiger partial charge in [-0.2, -0.15) is 5.26 Å². The van der Waals surface area contributed by atoms with E-state index in [1.54, 1.807) is 6.20 Å². The van der Waals surface area contributed by atoms with Gasteiger partial charge in [0, 0.05) is 16.3 Å². The van der Waals surface area contributed by atoms with E-state index in [1.807, 2.05) is 35.7 Å². The predicted octanol–water partition coefficient (Wildman–Crippen LogP) is 5.08. The summed E-state index contributed by atoms with van der Waals surface area (Å²) in [5.74, 6) is 0. The van der Waals surface area contributed by atoms with Gasteiger partial charge in [-0.3, -0.25) is 4.98 Å². The van der Waals surface area contributed by atoms with Crippen LogP contribution in [0.15, 0.2) is 66.2 Å². The molecule has 0 aliphatic carbocycles. The Labute approximate surface area is 143 Å². The molecule has 4 rings (SSSR count). The lowest BCUT2D eigenvalue weighted by Crippen LogP contribution is -1.92. The van der Waals surface area contributed by atoms with Crippen molar-refractivity contribution in [3.63, 3.8) is 0 Å². The highest BCUT2D eigenvalue weighted by molar-refractivity contribution is 7.18. The van der Waals surface area contributed by atoms with E-state index >= 15 is 0 Å². The van der Waals surface area contributed by atoms with Gasteiger partial charge in [0.25, 0.3) is 0 Å². The molecule has 0 saturated heterocycles. The lowest BCUT2D eigenvalue weighted by molar-refractivity contribution is 1.36. The maximum absolute atomic E-state index is 9.28. The minimum Gasteiger partial charge on any atom is -0.397 e. The van der Waals surface area contributed by atoms with Crippen molar-refractivity contribution < 1.29 is 0 Å². The molecule has 4 heteroatoms. The van der Waals surface area contributed by atoms with Crippen LogP contribution in [0.2, 0.25) is 0 Å². The quantitative estimate of drug-likeness (QED) is 0.558. The van der Waals surface area contributed by atoms with Gasteiger partial charge >= 0.3 is 0 Å². The third-order valence-electron chi connectivity index (χ3n) is 3.99. The van der Waals surface area contributed by atoms with Crippen LogP contribution in [0.3, 0.4) is 0 Å². The first-order valence-corrected chi connectivity index (χ1v) is 8.37. The van der Waals surface area contributed by atoms with Crippen LogP contribution in [-0.4, -0.2) is 4.98 Å². The first kappa shape index (κ1) is 14.4. The first-order valence-electron chi connectivity index (χ1n) is 7.49. The van der Waals surface area contributed by atoms with Crippen LogP contribution in [-0.2, 0) is 0 Å². The van der Waals surface area contributed by atoms with E-state index in [4.69, 9.17) is 5.73 Å². The molecule has 0 spiro atoms. The summed E-state index contributed by atoms with van der Waals surface area (Å²) in [6.45, 7) is 0. The molecule has 0 bridgehead atoms. The molecule has 0 amide bonds. The zero-order valence-electron chi connectivity index (χ0n) is 12.7. The summed E-state index contributed by atoms with van der Waals surface area (Å²) in [6.07, 6.45) is 1.64. The number of benzene rings is 2. The average molecular weight is 327 g/mol. The van der Waals surface area contributed by atoms with E-state index in [0.717, 1.165) is 32.5 Å². The van der Waals surface area contributed by atoms with Crippen LogP contribution < -0.4 is 5.73 Å². The number of pyridine rings is 1. The van der Waals surface area contributed by atoms with Crippen molar-refractivity contribution >= 4 is 27.1 Å². The summed E-state index contributed by atoms with van der Waals surface area (Å²) in [6, 6.07) is 20.7. The number of nitrogens with two attached hydrogens (primary N) is 1. The molecule has 0 radical (unpaired) electrons. The molecule has 0 unspecified atom stereocenters. The highest BCUT2D eigenvalue weighted by Crippen LogP contribution is 2.37. The van der Waals surface area contributed by atoms with Gasteiger partial charge in [0.2, 0.25) is 0 Å². The number of fused-ring (bicyclic) bond motifs is 1. The molecule has 2 N–H and O–H groups in total. The third-order valence-corrected chi connectivity index (χ3v) is 4.98. The largest absolute Gasteiger partial charge is 0.397 e. The number of nitrogen functional groups attached to an aromatic ring is 1. The fraction of sp³-hybridized carbons (Fsp3) is 0. The van der Waals surface area contributed by atoms with Crippen molar-refractivity contribution in [2.45, 2.75) is 0 Å². The average Bonchev–Trinajstić information content (AvgIpc) is 3.08. The van der Waals surface area contributed by atoms with E-state index in [-0.39, 0.29) is 0 Å². The molecule has 0 atom stereocenters. The van der Waals surface area contributed by atoms with Crippen molar-refractivity contribution in [2.24, 2.45) is 0 Å². The van der Waals surface area contributed by atoms with Gasteiger partial charge in [-0.25, -0.2) is 0 Å². The maximum Gasteiger partial charge on any atom is 0.101 e. The summed E-state index contributed by atoms with van der Waals surface area (Å²) >= 11 is 1.51. The van der Waals surface area contributed by atoms with Crippen molar-refractivity contribution in [1.29, 1.82) is 5.26 Å². The van der Waals surface area contributed by atoms with Crippen LogP contribution in [0.4, 0.5) is 5.69 Å². The Hall–Kier alpha value is -3.16. The molecule has 0 fully saturated rings. The maximum atomic E-state index is 9.28. The standard InChI is InChI=1S/C20H13N3S/c21-10-16-12-24-20-18(16)17(22)11-23-19(20)15-8-4-7-14(9-15)13-5-2-1-3-6-13/h1-9,11-12H,22H2. The minimum absolute atomic E-state index is 0.547. The van der Waals surface area contributed by atoms with Crippen molar-refractivity contribution in [3.8, 4) is 28.5 Å². The highest BCUT2D eigenvalue weighted by Gasteiger charge is 2.14. The summed E-state index contributed by atoms with van der Waals surface area (Å²) in [4.78, 5) is 4.54. The number of anilines is 1. The summed E-state index contributed by atoms with van der Waals surface area (Å²) in [7, 11) is 0. The number of aromatic nitrogens is 1. The molecule has 4 aromatic rings. The Kier molecular flexibility index (Phi) is 3.49. The Morgan fingerprint density at radius 3 is 2.50 bits per heavy atom. The summed E-state index contributed by atoms with van der Waals surface area (Å²) in [5.41, 5.74) is 11.4. The van der Waals surface area contributed by atoms with Crippen LogP contribution >= 0.6 is 11.3 Å². The molecule has 0 aliphatic rings. The Bertz CT molecular complexity index is 1080. The zero-order valence-corrected chi connectivity index (χ0v) is 13.5. The molecule has 114 valence electrons. The summed E-state index contributed by atoms with van der Waals surface area (Å²) < 4.78 is 0.955. The second-order valence-corrected chi connectivity index (χ2v) is 6.35. The number of nitriles is 1. The highest BCUT2D eigenvalue weighted by atomic mass is 32.1. The third kappa shape index (κ3) is 2.32. The molecule has 3 nitrogen and oxygen atoms in total. The fourth-order valence-corrected chi connectivity index (χ4v) is 3.87. The summed E-state index contributed by atoms with van der Waals surface area (Å²) in [5, 5.41) is 11.9. The van der Waals surface area contributed by atoms with E-state index in [2.05, 4.69) is 35.3 Å². The number of hydrogen-bond acceptors (Lipinski definition) is 4. The monoisotopic (exact) mass is 327 g/mol. The second-order valence-electron chi connectivity index (χ2n) is 5.47. The van der Waals surface area contributed by atoms with Crippen LogP contribution in [0.25, 0.3) is 32.5 Å². The lowest BCUT2D eigenvalue weighted by atomic mass is 10.0. The van der Waals surface area contributed by atoms with Gasteiger partial charge in [-0.05, 0) is 17.2 Å². The van der Waals surface area contributed by atoms with Gasteiger partial charge < -0.3 is 5.73 Å². The predicted molar refractivity (Wildman–Crippen MR) is 99.6 cm³/mol. The molecule has 2 aromatic carbocycles. The Morgan fingerprint density at radius 2 is 1.71 bits per heavy atom. The normalized spacial score (nSPS) is 10.6. The SMILES string of the molecule is N#Cc1csc2c(-c3cccc(-c4ccccc4)c3)ncc(N)c12. The van der Waals surface area contributed by atoms with Gasteiger partial charge in [0.05, 0.1) is 27.8 Å². The van der Waals surface area contributed by atoms with Gasteiger partial charge in [0.15, 0.2) is 0 Å². The number of rotatable bonds is 2. The Balaban J connectivity index is 1.92. The minimum atomic E-state index is 0.547. The number of hydrogen-bond donors (Lipinski definition) is 1. The van der Waals surface area contributed by atoms with Crippen LogP contribution in [0, 0.1) is 11.3 Å². The molecule has 24 heavy (non-hydrogen) atoms. The number of thiophene rings is 1. The second kappa shape index (κ2) is 5.80. The zero-order chi connectivity index (χ0) is 16.5. The van der Waals surface area contributed by atoms with Gasteiger partial charge in [-0.1, -0.05) is 48.5 Å². The van der Waals surface area contributed by atoms with Crippen molar-refractivity contribution in [2.75, 3.05) is 5.73 Å². The van der Waals surface area contributed by atoms with Crippen molar-refractivity contribution in [1.82, 2.24) is 4.98 Å². The van der Waals surface area contributed by atoms with E-state index in [9.17, 15) is 5.26 Å². The molecule has 2 heterocycles.